The fourth-order valence-corrected chi connectivity index (χ4v) is 2.24. The average Bonchev–Trinajstić information content (AvgIpc) is 2.52. The van der Waals surface area contributed by atoms with Gasteiger partial charge in [0.1, 0.15) is 6.10 Å². The van der Waals surface area contributed by atoms with Gasteiger partial charge < -0.3 is 20.7 Å². The molecule has 3 N–H and O–H groups in total. The number of ether oxygens (including phenoxy) is 1. The number of morpholine rings is 1. The highest BCUT2D eigenvalue weighted by atomic mass is 16.5. The van der Waals surface area contributed by atoms with E-state index in [0.717, 1.165) is 12.1 Å². The highest BCUT2D eigenvalue weighted by molar-refractivity contribution is 5.82. The lowest BCUT2D eigenvalue weighted by molar-refractivity contribution is -0.146. The summed E-state index contributed by atoms with van der Waals surface area (Å²) in [5.74, 6) is -0.518. The second-order valence-corrected chi connectivity index (χ2v) is 5.03. The quantitative estimate of drug-likeness (QED) is 0.765. The van der Waals surface area contributed by atoms with Crippen molar-refractivity contribution in [2.75, 3.05) is 26.2 Å². The highest BCUT2D eigenvalue weighted by Gasteiger charge is 2.27. The van der Waals surface area contributed by atoms with E-state index in [9.17, 15) is 9.59 Å². The first-order chi connectivity index (χ1) is 10.2. The van der Waals surface area contributed by atoms with Crippen LogP contribution in [-0.4, -0.2) is 49.1 Å². The minimum absolute atomic E-state index is 0.104. The van der Waals surface area contributed by atoms with Crippen molar-refractivity contribution in [1.29, 1.82) is 0 Å². The molecule has 1 unspecified atom stereocenters. The molecule has 1 atom stereocenters. The van der Waals surface area contributed by atoms with Gasteiger partial charge in [0.15, 0.2) is 0 Å². The third-order valence-corrected chi connectivity index (χ3v) is 3.36. The number of carbonyl (C=O) groups is 2. The summed E-state index contributed by atoms with van der Waals surface area (Å²) in [6.45, 7) is 2.53. The molecule has 1 aromatic carbocycles. The molecule has 1 saturated heterocycles. The number of benzene rings is 1. The number of carbonyl (C=O) groups excluding carboxylic acids is 2. The van der Waals surface area contributed by atoms with Crippen LogP contribution < -0.4 is 11.1 Å². The molecule has 1 aromatic rings. The van der Waals surface area contributed by atoms with Gasteiger partial charge in [0.05, 0.1) is 6.61 Å². The summed E-state index contributed by atoms with van der Waals surface area (Å²) in [6.07, 6.45) is -0.339. The molecule has 0 aromatic heterocycles. The van der Waals surface area contributed by atoms with Crippen LogP contribution in [0.25, 0.3) is 0 Å². The summed E-state index contributed by atoms with van der Waals surface area (Å²) in [6, 6.07) is 9.66. The molecule has 0 saturated carbocycles. The molecule has 6 nitrogen and oxygen atoms in total. The summed E-state index contributed by atoms with van der Waals surface area (Å²) in [5, 5.41) is 3.14. The van der Waals surface area contributed by atoms with Gasteiger partial charge in [0.25, 0.3) is 5.91 Å². The number of amides is 2. The Morgan fingerprint density at radius 2 is 2.10 bits per heavy atom. The number of hydrogen-bond acceptors (Lipinski definition) is 4. The van der Waals surface area contributed by atoms with Crippen LogP contribution >= 0.6 is 0 Å². The molecule has 1 aliphatic rings. The minimum atomic E-state index is -0.490. The van der Waals surface area contributed by atoms with E-state index in [1.54, 1.807) is 4.90 Å². The summed E-state index contributed by atoms with van der Waals surface area (Å²) in [7, 11) is 0. The van der Waals surface area contributed by atoms with Crippen LogP contribution in [0.4, 0.5) is 0 Å². The van der Waals surface area contributed by atoms with Crippen molar-refractivity contribution in [3.63, 3.8) is 0 Å². The second-order valence-electron chi connectivity index (χ2n) is 5.03. The first kappa shape index (κ1) is 15.5. The molecule has 2 rings (SSSR count). The Hall–Kier alpha value is -1.92. The van der Waals surface area contributed by atoms with Crippen LogP contribution in [0.5, 0.6) is 0 Å². The molecule has 2 amide bonds. The number of primary amides is 1. The Kier molecular flexibility index (Phi) is 5.71. The molecular formula is C15H21N3O3. The molecule has 1 fully saturated rings. The Morgan fingerprint density at radius 3 is 2.71 bits per heavy atom. The highest BCUT2D eigenvalue weighted by Crippen LogP contribution is 2.09. The molecule has 114 valence electrons. The predicted molar refractivity (Wildman–Crippen MR) is 78.3 cm³/mol. The smallest absolute Gasteiger partial charge is 0.253 e. The van der Waals surface area contributed by atoms with Crippen LogP contribution in [0.3, 0.4) is 0 Å². The largest absolute Gasteiger partial charge is 0.370 e. The lowest BCUT2D eigenvalue weighted by atomic mass is 10.2. The molecule has 0 radical (unpaired) electrons. The number of nitrogens with zero attached hydrogens (tertiary/aromatic N) is 1. The molecule has 0 aliphatic carbocycles. The summed E-state index contributed by atoms with van der Waals surface area (Å²) in [5.41, 5.74) is 6.21. The van der Waals surface area contributed by atoms with Gasteiger partial charge in [-0.25, -0.2) is 0 Å². The Balaban J connectivity index is 2.03. The van der Waals surface area contributed by atoms with Crippen LogP contribution in [-0.2, 0) is 20.9 Å². The van der Waals surface area contributed by atoms with Gasteiger partial charge in [-0.1, -0.05) is 30.3 Å². The maximum absolute atomic E-state index is 12.5. The van der Waals surface area contributed by atoms with E-state index in [4.69, 9.17) is 10.5 Å². The van der Waals surface area contributed by atoms with Crippen molar-refractivity contribution < 1.29 is 14.3 Å². The Labute approximate surface area is 124 Å². The third-order valence-electron chi connectivity index (χ3n) is 3.36. The maximum atomic E-state index is 12.5. The van der Waals surface area contributed by atoms with Crippen molar-refractivity contribution in [2.24, 2.45) is 5.73 Å². The van der Waals surface area contributed by atoms with Crippen LogP contribution in [0.1, 0.15) is 12.0 Å². The standard InChI is InChI=1S/C15H21N3O3/c16-14(19)6-8-18(11-12-4-2-1-3-5-12)15(20)13-10-17-7-9-21-13/h1-5,13,17H,6-11H2,(H2,16,19). The number of hydrogen-bond donors (Lipinski definition) is 2. The first-order valence-electron chi connectivity index (χ1n) is 7.10. The van der Waals surface area contributed by atoms with Crippen molar-refractivity contribution in [2.45, 2.75) is 19.1 Å². The maximum Gasteiger partial charge on any atom is 0.253 e. The lowest BCUT2D eigenvalue weighted by Gasteiger charge is -2.29. The van der Waals surface area contributed by atoms with E-state index in [-0.39, 0.29) is 12.3 Å². The fourth-order valence-electron chi connectivity index (χ4n) is 2.24. The van der Waals surface area contributed by atoms with Crippen molar-refractivity contribution >= 4 is 11.8 Å². The molecule has 1 aliphatic heterocycles. The summed E-state index contributed by atoms with van der Waals surface area (Å²) in [4.78, 5) is 25.2. The average molecular weight is 291 g/mol. The van der Waals surface area contributed by atoms with Gasteiger partial charge >= 0.3 is 0 Å². The zero-order chi connectivity index (χ0) is 15.1. The number of nitrogens with one attached hydrogen (secondary N) is 1. The minimum Gasteiger partial charge on any atom is -0.370 e. The summed E-state index contributed by atoms with van der Waals surface area (Å²) < 4.78 is 5.50. The predicted octanol–water partition coefficient (Wildman–Crippen LogP) is -0.121. The van der Waals surface area contributed by atoms with E-state index >= 15 is 0 Å². The normalized spacial score (nSPS) is 18.2. The van der Waals surface area contributed by atoms with Gasteiger partial charge in [-0.15, -0.1) is 0 Å². The zero-order valence-electron chi connectivity index (χ0n) is 12.0. The van der Waals surface area contributed by atoms with Crippen molar-refractivity contribution in [3.05, 3.63) is 35.9 Å². The van der Waals surface area contributed by atoms with Crippen LogP contribution in [0.2, 0.25) is 0 Å². The Morgan fingerprint density at radius 1 is 1.33 bits per heavy atom. The van der Waals surface area contributed by atoms with E-state index in [0.29, 0.717) is 26.2 Å². The molecule has 21 heavy (non-hydrogen) atoms. The lowest BCUT2D eigenvalue weighted by Crippen LogP contribution is -2.49. The van der Waals surface area contributed by atoms with E-state index < -0.39 is 12.0 Å². The van der Waals surface area contributed by atoms with Crippen LogP contribution in [0, 0.1) is 0 Å². The van der Waals surface area contributed by atoms with Gasteiger partial charge in [-0.3, -0.25) is 9.59 Å². The van der Waals surface area contributed by atoms with Gasteiger partial charge in [-0.05, 0) is 5.56 Å². The van der Waals surface area contributed by atoms with Crippen molar-refractivity contribution in [3.8, 4) is 0 Å². The number of nitrogens with two attached hydrogens (primary N) is 1. The van der Waals surface area contributed by atoms with E-state index in [1.807, 2.05) is 30.3 Å². The van der Waals surface area contributed by atoms with Crippen LogP contribution in [0.15, 0.2) is 30.3 Å². The molecular weight excluding hydrogens is 270 g/mol. The Bertz CT molecular complexity index is 472. The van der Waals surface area contributed by atoms with Gasteiger partial charge in [-0.2, -0.15) is 0 Å². The number of rotatable bonds is 6. The van der Waals surface area contributed by atoms with Gasteiger partial charge in [0, 0.05) is 32.6 Å². The molecule has 1 heterocycles. The van der Waals surface area contributed by atoms with Gasteiger partial charge in [0.2, 0.25) is 5.91 Å². The first-order valence-corrected chi connectivity index (χ1v) is 7.10. The molecule has 0 spiro atoms. The van der Waals surface area contributed by atoms with E-state index in [1.165, 1.54) is 0 Å². The fraction of sp³-hybridized carbons (Fsp3) is 0.467. The van der Waals surface area contributed by atoms with E-state index in [2.05, 4.69) is 5.32 Å². The monoisotopic (exact) mass is 291 g/mol. The topological polar surface area (TPSA) is 84.7 Å². The van der Waals surface area contributed by atoms with Crippen molar-refractivity contribution in [1.82, 2.24) is 10.2 Å². The second kappa shape index (κ2) is 7.75. The summed E-state index contributed by atoms with van der Waals surface area (Å²) >= 11 is 0. The zero-order valence-corrected chi connectivity index (χ0v) is 12.0. The molecule has 0 bridgehead atoms. The third kappa shape index (κ3) is 4.84. The SMILES string of the molecule is NC(=O)CCN(Cc1ccccc1)C(=O)C1CNCCO1. The molecule has 6 heteroatoms.